The number of hydrogen-bond donors (Lipinski definition) is 2. The van der Waals surface area contributed by atoms with Crippen molar-refractivity contribution in [2.45, 2.75) is 33.1 Å². The van der Waals surface area contributed by atoms with E-state index in [9.17, 15) is 4.79 Å². The lowest BCUT2D eigenvalue weighted by Crippen LogP contribution is -2.24. The molecule has 6 heteroatoms. The second kappa shape index (κ2) is 7.25. The van der Waals surface area contributed by atoms with E-state index in [1.165, 1.54) is 0 Å². The van der Waals surface area contributed by atoms with Gasteiger partial charge in [-0.15, -0.1) is 10.2 Å². The lowest BCUT2D eigenvalue weighted by Gasteiger charge is -2.15. The zero-order valence-electron chi connectivity index (χ0n) is 14.6. The summed E-state index contributed by atoms with van der Waals surface area (Å²) in [6.45, 7) is 6.04. The largest absolute Gasteiger partial charge is 0.325 e. The zero-order valence-corrected chi connectivity index (χ0v) is 14.6. The van der Waals surface area contributed by atoms with Gasteiger partial charge in [-0.2, -0.15) is 5.21 Å². The van der Waals surface area contributed by atoms with Gasteiger partial charge in [0.1, 0.15) is 5.92 Å². The van der Waals surface area contributed by atoms with Crippen LogP contribution in [0.2, 0.25) is 0 Å². The molecule has 0 radical (unpaired) electrons. The molecule has 1 atom stereocenters. The van der Waals surface area contributed by atoms with Crippen LogP contribution in [0.25, 0.3) is 0 Å². The van der Waals surface area contributed by atoms with E-state index in [4.69, 9.17) is 0 Å². The van der Waals surface area contributed by atoms with Crippen molar-refractivity contribution in [3.63, 3.8) is 0 Å². The summed E-state index contributed by atoms with van der Waals surface area (Å²) < 4.78 is 0. The Morgan fingerprint density at radius 3 is 2.48 bits per heavy atom. The average molecular weight is 335 g/mol. The summed E-state index contributed by atoms with van der Waals surface area (Å²) in [5.41, 5.74) is 5.19. The molecule has 0 bridgehead atoms. The number of anilines is 1. The molecule has 0 fully saturated rings. The summed E-state index contributed by atoms with van der Waals surface area (Å²) in [6.07, 6.45) is 0.512. The number of tetrazole rings is 1. The molecule has 0 saturated heterocycles. The third kappa shape index (κ3) is 4.29. The monoisotopic (exact) mass is 335 g/mol. The Labute approximate surface area is 146 Å². The van der Waals surface area contributed by atoms with Crippen molar-refractivity contribution in [3.8, 4) is 0 Å². The molecule has 2 aromatic carbocycles. The zero-order chi connectivity index (χ0) is 17.8. The molecule has 0 unspecified atom stereocenters. The molecule has 0 aliphatic heterocycles. The molecule has 1 aromatic heterocycles. The SMILES string of the molecule is Cc1cccc(C[C@H](C(=O)Nc2cc(C)cc(C)c2)c2nn[nH]n2)c1. The summed E-state index contributed by atoms with van der Waals surface area (Å²) in [7, 11) is 0. The molecule has 6 nitrogen and oxygen atoms in total. The van der Waals surface area contributed by atoms with Crippen molar-refractivity contribution in [3.05, 3.63) is 70.5 Å². The van der Waals surface area contributed by atoms with Gasteiger partial charge in [-0.05, 0) is 56.0 Å². The second-order valence-corrected chi connectivity index (χ2v) is 6.38. The Hall–Kier alpha value is -3.02. The molecule has 128 valence electrons. The Morgan fingerprint density at radius 1 is 1.08 bits per heavy atom. The van der Waals surface area contributed by atoms with Crippen LogP contribution < -0.4 is 5.32 Å². The lowest BCUT2D eigenvalue weighted by atomic mass is 9.96. The van der Waals surface area contributed by atoms with Crippen molar-refractivity contribution in [2.24, 2.45) is 0 Å². The van der Waals surface area contributed by atoms with Gasteiger partial charge < -0.3 is 5.32 Å². The second-order valence-electron chi connectivity index (χ2n) is 6.38. The molecule has 1 amide bonds. The van der Waals surface area contributed by atoms with Gasteiger partial charge in [0.2, 0.25) is 5.91 Å². The van der Waals surface area contributed by atoms with Crippen molar-refractivity contribution in [1.29, 1.82) is 0 Å². The third-order valence-electron chi connectivity index (χ3n) is 4.00. The highest BCUT2D eigenvalue weighted by Gasteiger charge is 2.25. The quantitative estimate of drug-likeness (QED) is 0.750. The van der Waals surface area contributed by atoms with E-state index in [0.717, 1.165) is 27.9 Å². The fraction of sp³-hybridized carbons (Fsp3) is 0.263. The van der Waals surface area contributed by atoms with Gasteiger partial charge in [-0.25, -0.2) is 0 Å². The normalized spacial score (nSPS) is 12.0. The van der Waals surface area contributed by atoms with E-state index in [0.29, 0.717) is 12.2 Å². The molecule has 0 spiro atoms. The number of H-pyrrole nitrogens is 1. The Morgan fingerprint density at radius 2 is 1.84 bits per heavy atom. The number of nitrogens with zero attached hydrogens (tertiary/aromatic N) is 3. The molecule has 25 heavy (non-hydrogen) atoms. The number of nitrogens with one attached hydrogen (secondary N) is 2. The van der Waals surface area contributed by atoms with E-state index in [1.807, 2.05) is 51.1 Å². The number of carbonyl (C=O) groups is 1. The van der Waals surface area contributed by atoms with E-state index < -0.39 is 5.92 Å². The van der Waals surface area contributed by atoms with Gasteiger partial charge in [0, 0.05) is 5.69 Å². The van der Waals surface area contributed by atoms with E-state index >= 15 is 0 Å². The first-order valence-electron chi connectivity index (χ1n) is 8.19. The number of aromatic amines is 1. The number of amides is 1. The first-order valence-corrected chi connectivity index (χ1v) is 8.19. The molecule has 3 rings (SSSR count). The van der Waals surface area contributed by atoms with Crippen molar-refractivity contribution >= 4 is 11.6 Å². The molecule has 0 aliphatic carbocycles. The number of aromatic nitrogens is 4. The minimum atomic E-state index is -0.513. The van der Waals surface area contributed by atoms with Gasteiger partial charge in [0.15, 0.2) is 5.82 Å². The number of benzene rings is 2. The summed E-state index contributed by atoms with van der Waals surface area (Å²) in [6, 6.07) is 14.1. The maximum Gasteiger partial charge on any atom is 0.235 e. The first-order chi connectivity index (χ1) is 12.0. The van der Waals surface area contributed by atoms with Crippen LogP contribution in [0.1, 0.15) is 34.0 Å². The molecule has 0 aliphatic rings. The molecular weight excluding hydrogens is 314 g/mol. The standard InChI is InChI=1S/C19H21N5O/c1-12-5-4-6-15(8-12)11-17(18-21-23-24-22-18)19(25)20-16-9-13(2)7-14(3)10-16/h4-10,17H,11H2,1-3H3,(H,20,25)(H,21,22,23,24)/t17-/m0/s1. The smallest absolute Gasteiger partial charge is 0.235 e. The fourth-order valence-corrected chi connectivity index (χ4v) is 2.97. The van der Waals surface area contributed by atoms with Crippen LogP contribution in [0.15, 0.2) is 42.5 Å². The van der Waals surface area contributed by atoms with Crippen LogP contribution in [0.4, 0.5) is 5.69 Å². The summed E-state index contributed by atoms with van der Waals surface area (Å²) >= 11 is 0. The van der Waals surface area contributed by atoms with E-state index in [2.05, 4.69) is 38.1 Å². The predicted molar refractivity (Wildman–Crippen MR) is 96.3 cm³/mol. The molecule has 0 saturated carbocycles. The van der Waals surface area contributed by atoms with Gasteiger partial charge in [0.25, 0.3) is 0 Å². The predicted octanol–water partition coefficient (Wildman–Crippen LogP) is 3.09. The molecule has 3 aromatic rings. The van der Waals surface area contributed by atoms with Gasteiger partial charge >= 0.3 is 0 Å². The molecular formula is C19H21N5O. The van der Waals surface area contributed by atoms with Crippen LogP contribution in [-0.2, 0) is 11.2 Å². The van der Waals surface area contributed by atoms with Gasteiger partial charge in [-0.3, -0.25) is 4.79 Å². The lowest BCUT2D eigenvalue weighted by molar-refractivity contribution is -0.117. The Kier molecular flexibility index (Phi) is 4.88. The minimum absolute atomic E-state index is 0.145. The van der Waals surface area contributed by atoms with Crippen LogP contribution in [0, 0.1) is 20.8 Å². The minimum Gasteiger partial charge on any atom is -0.325 e. The topological polar surface area (TPSA) is 83.6 Å². The van der Waals surface area contributed by atoms with Crippen LogP contribution in [0.5, 0.6) is 0 Å². The average Bonchev–Trinajstić information content (AvgIpc) is 3.05. The van der Waals surface area contributed by atoms with Crippen LogP contribution in [0.3, 0.4) is 0 Å². The van der Waals surface area contributed by atoms with Crippen LogP contribution >= 0.6 is 0 Å². The number of rotatable bonds is 5. The highest BCUT2D eigenvalue weighted by atomic mass is 16.1. The van der Waals surface area contributed by atoms with Crippen molar-refractivity contribution in [1.82, 2.24) is 20.6 Å². The molecule has 2 N–H and O–H groups in total. The Balaban J connectivity index is 1.85. The summed E-state index contributed by atoms with van der Waals surface area (Å²) in [5, 5.41) is 17.1. The van der Waals surface area contributed by atoms with Gasteiger partial charge in [-0.1, -0.05) is 41.1 Å². The Bertz CT molecular complexity index is 853. The summed E-state index contributed by atoms with van der Waals surface area (Å²) in [4.78, 5) is 12.9. The van der Waals surface area contributed by atoms with Gasteiger partial charge in [0.05, 0.1) is 0 Å². The highest BCUT2D eigenvalue weighted by molar-refractivity contribution is 5.95. The number of hydrogen-bond acceptors (Lipinski definition) is 4. The maximum atomic E-state index is 12.9. The third-order valence-corrected chi connectivity index (χ3v) is 4.00. The number of aryl methyl sites for hydroxylation is 3. The highest BCUT2D eigenvalue weighted by Crippen LogP contribution is 2.21. The number of carbonyl (C=O) groups excluding carboxylic acids is 1. The van der Waals surface area contributed by atoms with Crippen molar-refractivity contribution < 1.29 is 4.79 Å². The maximum absolute atomic E-state index is 12.9. The fourth-order valence-electron chi connectivity index (χ4n) is 2.97. The van der Waals surface area contributed by atoms with E-state index in [-0.39, 0.29) is 5.91 Å². The van der Waals surface area contributed by atoms with E-state index in [1.54, 1.807) is 0 Å². The van der Waals surface area contributed by atoms with Crippen LogP contribution in [-0.4, -0.2) is 26.5 Å². The first kappa shape index (κ1) is 16.8. The molecule has 1 heterocycles. The summed E-state index contributed by atoms with van der Waals surface area (Å²) in [5.74, 6) is -0.266. The van der Waals surface area contributed by atoms with Crippen molar-refractivity contribution in [2.75, 3.05) is 5.32 Å².